The van der Waals surface area contributed by atoms with E-state index in [0.717, 1.165) is 24.6 Å². The quantitative estimate of drug-likeness (QED) is 0.135. The third-order valence-electron chi connectivity index (χ3n) is 2.06. The maximum Gasteiger partial charge on any atom is 0.334 e. The van der Waals surface area contributed by atoms with E-state index in [9.17, 15) is 14.4 Å². The Morgan fingerprint density at radius 3 is 0.906 bits per heavy atom. The van der Waals surface area contributed by atoms with Crippen LogP contribution in [0.3, 0.4) is 0 Å². The number of hydrogen-bond donors (Lipinski definition) is 4. The average Bonchev–Trinajstić information content (AvgIpc) is 2.61. The molecule has 0 aromatic carbocycles. The van der Waals surface area contributed by atoms with Crippen LogP contribution >= 0.6 is 0 Å². The van der Waals surface area contributed by atoms with E-state index in [4.69, 9.17) is 20.4 Å². The average molecular weight is 498 g/mol. The molecule has 0 fully saturated rings. The van der Waals surface area contributed by atoms with Gasteiger partial charge in [-0.2, -0.15) is 0 Å². The summed E-state index contributed by atoms with van der Waals surface area (Å²) in [5.41, 5.74) is 0. The summed E-state index contributed by atoms with van der Waals surface area (Å²) >= 11 is 0. The van der Waals surface area contributed by atoms with Gasteiger partial charge >= 0.3 is 17.9 Å². The summed E-state index contributed by atoms with van der Waals surface area (Å²) in [6, 6.07) is 0. The predicted octanol–water partition coefficient (Wildman–Crippen LogP) is 3.42. The molecule has 0 aromatic rings. The molecule has 0 unspecified atom stereocenters. The molecule has 0 radical (unpaired) electrons. The van der Waals surface area contributed by atoms with Gasteiger partial charge in [-0.25, -0.2) is 14.4 Å². The second-order valence-electron chi connectivity index (χ2n) is 5.34. The summed E-state index contributed by atoms with van der Waals surface area (Å²) in [6.45, 7) is 12.6. The molecule has 0 bridgehead atoms. The van der Waals surface area contributed by atoms with Crippen LogP contribution in [0, 0.1) is 0 Å². The summed E-state index contributed by atoms with van der Waals surface area (Å²) in [4.78, 5) is 31.2. The van der Waals surface area contributed by atoms with E-state index < -0.39 is 17.9 Å². The molecular formula is C21H38O10Ti. The molecule has 0 rings (SSSR count). The topological polar surface area (TPSA) is 160 Å². The first-order chi connectivity index (χ1) is 14.4. The molecule has 4 N–H and O–H groups in total. The first-order valence-corrected chi connectivity index (χ1v) is 9.64. The second-order valence-corrected chi connectivity index (χ2v) is 5.34. The zero-order valence-electron chi connectivity index (χ0n) is 20.0. The van der Waals surface area contributed by atoms with E-state index in [1.807, 2.05) is 6.92 Å². The first kappa shape index (κ1) is 40.1. The molecule has 0 atom stereocenters. The van der Waals surface area contributed by atoms with Crippen LogP contribution in [0.2, 0.25) is 0 Å². The Hall–Kier alpha value is -2.30. The molecule has 0 aliphatic carbocycles. The Bertz CT molecular complexity index is 479. The number of allylic oxidation sites excluding steroid dienone is 3. The third kappa shape index (κ3) is 50.9. The molecular weight excluding hydrogens is 460 g/mol. The monoisotopic (exact) mass is 498 g/mol. The van der Waals surface area contributed by atoms with E-state index in [-0.39, 0.29) is 39.0 Å². The molecule has 10 nitrogen and oxygen atoms in total. The molecule has 0 saturated heterocycles. The second kappa shape index (κ2) is 30.9. The van der Waals surface area contributed by atoms with Crippen molar-refractivity contribution in [3.05, 3.63) is 35.5 Å². The molecule has 0 aliphatic heterocycles. The molecule has 0 heterocycles. The predicted molar refractivity (Wildman–Crippen MR) is 116 cm³/mol. The third-order valence-corrected chi connectivity index (χ3v) is 2.06. The van der Waals surface area contributed by atoms with Crippen molar-refractivity contribution in [2.45, 2.75) is 54.9 Å². The zero-order valence-corrected chi connectivity index (χ0v) is 21.6. The van der Waals surface area contributed by atoms with Crippen molar-refractivity contribution in [2.24, 2.45) is 0 Å². The van der Waals surface area contributed by atoms with E-state index in [0.29, 0.717) is 26.4 Å². The van der Waals surface area contributed by atoms with Gasteiger partial charge in [0, 0.05) is 28.3 Å². The number of ether oxygens (including phenoxy) is 3. The van der Waals surface area contributed by atoms with Crippen LogP contribution in [-0.2, 0) is 50.3 Å². The number of rotatable bonds is 7. The number of carbonyl (C=O) groups is 3. The fraction of sp³-hybridized carbons (Fsp3) is 0.571. The van der Waals surface area contributed by atoms with Crippen molar-refractivity contribution in [3.63, 3.8) is 0 Å². The van der Waals surface area contributed by atoms with E-state index in [1.165, 1.54) is 20.8 Å². The Kier molecular flexibility index (Phi) is 38.7. The van der Waals surface area contributed by atoms with Crippen molar-refractivity contribution < 1.29 is 70.7 Å². The Morgan fingerprint density at radius 2 is 0.812 bits per heavy atom. The standard InChI is InChI=1S/3C6H10O3.C3H8O.Ti/c3*1-3-9-6(8)4-5(2)7;1-2-3-4;/h3*4,7H,3H2,1-2H3;4H,2-3H2,1H3;. The fourth-order valence-electron chi connectivity index (χ4n) is 1.06. The van der Waals surface area contributed by atoms with Gasteiger partial charge in [0.1, 0.15) is 0 Å². The minimum Gasteiger partial charge on any atom is -0.512 e. The molecule has 32 heavy (non-hydrogen) atoms. The van der Waals surface area contributed by atoms with Crippen LogP contribution in [0.5, 0.6) is 0 Å². The number of aliphatic hydroxyl groups is 4. The Morgan fingerprint density at radius 1 is 0.625 bits per heavy atom. The summed E-state index contributed by atoms with van der Waals surface area (Å²) in [6.07, 6.45) is 3.97. The summed E-state index contributed by atoms with van der Waals surface area (Å²) in [7, 11) is 0. The molecule has 0 aliphatic rings. The molecule has 11 heteroatoms. The fourth-order valence-corrected chi connectivity index (χ4v) is 1.06. The Balaban J connectivity index is -0.000000104. The van der Waals surface area contributed by atoms with Gasteiger partial charge in [0.15, 0.2) is 0 Å². The summed E-state index contributed by atoms with van der Waals surface area (Å²) in [5, 5.41) is 33.4. The van der Waals surface area contributed by atoms with Crippen LogP contribution in [0.1, 0.15) is 54.9 Å². The van der Waals surface area contributed by atoms with Gasteiger partial charge in [-0.15, -0.1) is 0 Å². The van der Waals surface area contributed by atoms with Gasteiger partial charge in [0.25, 0.3) is 0 Å². The van der Waals surface area contributed by atoms with Crippen LogP contribution in [0.25, 0.3) is 0 Å². The van der Waals surface area contributed by atoms with Crippen molar-refractivity contribution in [3.8, 4) is 0 Å². The summed E-state index contributed by atoms with van der Waals surface area (Å²) < 4.78 is 13.4. The van der Waals surface area contributed by atoms with Crippen LogP contribution in [-0.4, -0.2) is 64.8 Å². The van der Waals surface area contributed by atoms with E-state index in [2.05, 4.69) is 14.2 Å². The maximum atomic E-state index is 10.4. The minimum atomic E-state index is -0.502. The maximum absolute atomic E-state index is 10.4. The van der Waals surface area contributed by atoms with Gasteiger partial charge in [-0.3, -0.25) is 0 Å². The van der Waals surface area contributed by atoms with Crippen molar-refractivity contribution >= 4 is 17.9 Å². The van der Waals surface area contributed by atoms with Gasteiger partial charge in [-0.05, 0) is 48.0 Å². The Labute approximate surface area is 205 Å². The van der Waals surface area contributed by atoms with Gasteiger partial charge < -0.3 is 34.6 Å². The number of carbonyl (C=O) groups excluding carboxylic acids is 3. The minimum absolute atomic E-state index is 0. The van der Waals surface area contributed by atoms with Crippen LogP contribution in [0.15, 0.2) is 35.5 Å². The van der Waals surface area contributed by atoms with Crippen molar-refractivity contribution in [1.82, 2.24) is 0 Å². The molecule has 0 aromatic heterocycles. The number of aliphatic hydroxyl groups excluding tert-OH is 4. The number of hydrogen-bond acceptors (Lipinski definition) is 10. The van der Waals surface area contributed by atoms with Crippen molar-refractivity contribution in [1.29, 1.82) is 0 Å². The van der Waals surface area contributed by atoms with Crippen molar-refractivity contribution in [2.75, 3.05) is 26.4 Å². The van der Waals surface area contributed by atoms with Gasteiger partial charge in [0.05, 0.1) is 55.3 Å². The number of esters is 3. The van der Waals surface area contributed by atoms with E-state index in [1.54, 1.807) is 20.8 Å². The molecule has 0 saturated carbocycles. The van der Waals surface area contributed by atoms with Crippen LogP contribution < -0.4 is 0 Å². The normalized spacial score (nSPS) is 10.3. The van der Waals surface area contributed by atoms with Gasteiger partial charge in [-0.1, -0.05) is 6.92 Å². The molecule has 0 amide bonds. The molecule has 186 valence electrons. The first-order valence-electron chi connectivity index (χ1n) is 9.64. The largest absolute Gasteiger partial charge is 0.512 e. The van der Waals surface area contributed by atoms with Crippen LogP contribution in [0.4, 0.5) is 0 Å². The smallest absolute Gasteiger partial charge is 0.334 e. The zero-order chi connectivity index (χ0) is 25.2. The summed E-state index contributed by atoms with van der Waals surface area (Å²) in [5.74, 6) is -1.61. The SMILES string of the molecule is CCCO.CCOC(=O)C=C(C)O.CCOC(=O)C=C(C)O.CCOC(=O)C=C(C)O.[Ti]. The molecule has 0 spiro atoms. The van der Waals surface area contributed by atoms with Gasteiger partial charge in [0.2, 0.25) is 0 Å². The van der Waals surface area contributed by atoms with E-state index >= 15 is 0 Å².